The van der Waals surface area contributed by atoms with Gasteiger partial charge in [-0.15, -0.1) is 11.3 Å². The summed E-state index contributed by atoms with van der Waals surface area (Å²) in [6.45, 7) is 2.56. The number of nitrogens with one attached hydrogen (secondary N) is 1. The van der Waals surface area contributed by atoms with Crippen LogP contribution in [-0.4, -0.2) is 76.8 Å². The number of carbonyl (C=O) groups is 4. The number of ketones is 1. The number of hydrogen-bond acceptors (Lipinski definition) is 12. The highest BCUT2D eigenvalue weighted by atomic mass is 32.1. The predicted octanol–water partition coefficient (Wildman–Crippen LogP) is 3.59. The van der Waals surface area contributed by atoms with Crippen molar-refractivity contribution in [3.8, 4) is 0 Å². The van der Waals surface area contributed by atoms with Crippen LogP contribution >= 0.6 is 11.3 Å². The molecule has 2 amide bonds. The molecule has 2 aromatic carbocycles. The van der Waals surface area contributed by atoms with Gasteiger partial charge in [-0.05, 0) is 36.6 Å². The SMILES string of the molecule is C[C@@H](O)[C@H]1C(=O)N2C(C(=O)O)=C(c3cn4cnc(C(=O)CNC(=O)OCc5ccc([N+](=O)[O-])cc5)c4s3)[C@](C)(Cc3ccc([N+](=O)[O-])cc3)[C@@H]12. The lowest BCUT2D eigenvalue weighted by Crippen LogP contribution is -2.66. The van der Waals surface area contributed by atoms with Gasteiger partial charge in [0.15, 0.2) is 0 Å². The number of fused-ring (bicyclic) bond motifs is 2. The summed E-state index contributed by atoms with van der Waals surface area (Å²) in [4.78, 5) is 78.6. The number of carboxylic acid groups (broad SMARTS) is 1. The van der Waals surface area contributed by atoms with Crippen LogP contribution in [0.3, 0.4) is 0 Å². The Morgan fingerprint density at radius 2 is 1.66 bits per heavy atom. The summed E-state index contributed by atoms with van der Waals surface area (Å²) in [6.07, 6.45) is 1.12. The first-order valence-corrected chi connectivity index (χ1v) is 15.9. The van der Waals surface area contributed by atoms with Gasteiger partial charge in [-0.1, -0.05) is 19.1 Å². The second kappa shape index (κ2) is 12.8. The fraction of sp³-hybridized carbons (Fsp3) is 0.281. The fourth-order valence-corrected chi connectivity index (χ4v) is 7.94. The van der Waals surface area contributed by atoms with Gasteiger partial charge in [-0.25, -0.2) is 14.6 Å². The van der Waals surface area contributed by atoms with Crippen molar-refractivity contribution < 1.29 is 44.0 Å². The second-order valence-corrected chi connectivity index (χ2v) is 13.2. The molecule has 2 aliphatic rings. The molecular weight excluding hydrogens is 676 g/mol. The minimum atomic E-state index is -1.36. The minimum Gasteiger partial charge on any atom is -0.477 e. The van der Waals surface area contributed by atoms with Crippen molar-refractivity contribution in [3.63, 3.8) is 0 Å². The number of aromatic nitrogens is 2. The fourth-order valence-electron chi connectivity index (χ4n) is 6.67. The molecule has 258 valence electrons. The van der Waals surface area contributed by atoms with E-state index in [1.807, 2.05) is 0 Å². The van der Waals surface area contributed by atoms with E-state index in [2.05, 4.69) is 10.3 Å². The van der Waals surface area contributed by atoms with Crippen LogP contribution in [0.1, 0.15) is 40.3 Å². The topological polar surface area (TPSA) is 237 Å². The van der Waals surface area contributed by atoms with Crippen LogP contribution in [0.25, 0.3) is 10.4 Å². The maximum absolute atomic E-state index is 13.3. The Labute approximate surface area is 285 Å². The van der Waals surface area contributed by atoms with E-state index >= 15 is 0 Å². The van der Waals surface area contributed by atoms with Crippen molar-refractivity contribution in [2.75, 3.05) is 6.54 Å². The number of aliphatic hydroxyl groups is 1. The standard InChI is InChI=1S/C32H28N6O11S/c1-16(39)23-27-32(2,11-17-3-7-19(8-4-17)37(45)46)24(26(30(42)43)36(27)28(23)41)22-13-35-15-34-25(29(35)50-22)21(40)12-33-31(44)49-14-18-5-9-20(10-6-18)38(47)48/h3-10,13,15-16,23,27,39H,11-12,14H2,1-2H3,(H,33,44)(H,42,43)/t16-,23-,27-,32+/m1/s1. The molecule has 1 saturated heterocycles. The monoisotopic (exact) mass is 704 g/mol. The van der Waals surface area contributed by atoms with Gasteiger partial charge in [0, 0.05) is 41.5 Å². The first-order chi connectivity index (χ1) is 23.7. The molecule has 4 heterocycles. The maximum atomic E-state index is 13.3. The van der Waals surface area contributed by atoms with Gasteiger partial charge in [-0.2, -0.15) is 0 Å². The van der Waals surface area contributed by atoms with Crippen molar-refractivity contribution in [1.82, 2.24) is 19.6 Å². The average molecular weight is 705 g/mol. The predicted molar refractivity (Wildman–Crippen MR) is 174 cm³/mol. The van der Waals surface area contributed by atoms with Crippen LogP contribution in [0.2, 0.25) is 0 Å². The number of rotatable bonds is 12. The zero-order valence-corrected chi connectivity index (χ0v) is 27.2. The van der Waals surface area contributed by atoms with Gasteiger partial charge in [0.2, 0.25) is 11.7 Å². The highest BCUT2D eigenvalue weighted by molar-refractivity contribution is 7.18. The van der Waals surface area contributed by atoms with Crippen LogP contribution in [0.15, 0.2) is 66.8 Å². The smallest absolute Gasteiger partial charge is 0.407 e. The number of ether oxygens (including phenoxy) is 1. The number of Topliss-reactive ketones (excluding diaryl/α,β-unsaturated/α-hetero) is 1. The number of aliphatic carboxylic acids is 1. The van der Waals surface area contributed by atoms with Crippen molar-refractivity contribution >= 4 is 56.9 Å². The molecule has 2 aliphatic heterocycles. The Bertz CT molecular complexity index is 2100. The van der Waals surface area contributed by atoms with Gasteiger partial charge in [0.25, 0.3) is 11.4 Å². The molecule has 0 radical (unpaired) electrons. The molecule has 4 atom stereocenters. The number of thiazole rings is 1. The Morgan fingerprint density at radius 1 is 1.06 bits per heavy atom. The van der Waals surface area contributed by atoms with E-state index in [-0.39, 0.29) is 35.8 Å². The number of nitrogens with zero attached hydrogens (tertiary/aromatic N) is 5. The highest BCUT2D eigenvalue weighted by Crippen LogP contribution is 2.59. The number of imidazole rings is 1. The summed E-state index contributed by atoms with van der Waals surface area (Å²) < 4.78 is 6.63. The van der Waals surface area contributed by atoms with Gasteiger partial charge in [-0.3, -0.25) is 34.2 Å². The van der Waals surface area contributed by atoms with E-state index < -0.39 is 63.6 Å². The summed E-state index contributed by atoms with van der Waals surface area (Å²) in [5.41, 5.74) is -0.174. The van der Waals surface area contributed by atoms with E-state index in [9.17, 15) is 49.6 Å². The number of aliphatic hydroxyl groups excluding tert-OH is 1. The highest BCUT2D eigenvalue weighted by Gasteiger charge is 2.66. The number of nitro groups is 2. The largest absolute Gasteiger partial charge is 0.477 e. The van der Waals surface area contributed by atoms with Crippen LogP contribution < -0.4 is 5.32 Å². The molecule has 0 saturated carbocycles. The number of carboxylic acids is 1. The summed E-state index contributed by atoms with van der Waals surface area (Å²) in [7, 11) is 0. The molecule has 6 rings (SSSR count). The van der Waals surface area contributed by atoms with Gasteiger partial charge < -0.3 is 25.2 Å². The number of hydrogen-bond donors (Lipinski definition) is 3. The lowest BCUT2D eigenvalue weighted by Gasteiger charge is -2.51. The summed E-state index contributed by atoms with van der Waals surface area (Å²) in [6, 6.07) is 10.5. The third-order valence-corrected chi connectivity index (χ3v) is 10.0. The van der Waals surface area contributed by atoms with E-state index in [1.54, 1.807) is 25.3 Å². The number of non-ortho nitro benzene ring substituents is 2. The zero-order valence-electron chi connectivity index (χ0n) is 26.3. The summed E-state index contributed by atoms with van der Waals surface area (Å²) >= 11 is 1.06. The Balaban J connectivity index is 1.26. The summed E-state index contributed by atoms with van der Waals surface area (Å²) in [5, 5.41) is 45.4. The summed E-state index contributed by atoms with van der Waals surface area (Å²) in [5.74, 6) is -3.38. The van der Waals surface area contributed by atoms with E-state index in [4.69, 9.17) is 4.74 Å². The van der Waals surface area contributed by atoms with Crippen molar-refractivity contribution in [1.29, 1.82) is 0 Å². The number of β-lactam (4-membered cyclic amide) rings is 1. The van der Waals surface area contributed by atoms with Crippen molar-refractivity contribution in [2.45, 2.75) is 39.0 Å². The Hall–Kier alpha value is -6.01. The molecule has 3 N–H and O–H groups in total. The quantitative estimate of drug-likeness (QED) is 0.0830. The first-order valence-electron chi connectivity index (χ1n) is 15.1. The van der Waals surface area contributed by atoms with E-state index in [0.717, 1.165) is 11.3 Å². The number of alkyl carbamates (subject to hydrolysis) is 1. The van der Waals surface area contributed by atoms with E-state index in [1.165, 1.54) is 58.9 Å². The van der Waals surface area contributed by atoms with E-state index in [0.29, 0.717) is 26.4 Å². The zero-order chi connectivity index (χ0) is 36.1. The molecule has 0 unspecified atom stereocenters. The van der Waals surface area contributed by atoms with Gasteiger partial charge in [0.1, 0.15) is 29.2 Å². The molecule has 0 spiro atoms. The molecule has 1 fully saturated rings. The van der Waals surface area contributed by atoms with Crippen LogP contribution in [-0.2, 0) is 27.4 Å². The van der Waals surface area contributed by atoms with Gasteiger partial charge in [0.05, 0.1) is 39.3 Å². The maximum Gasteiger partial charge on any atom is 0.407 e. The molecule has 18 heteroatoms. The number of nitro benzene ring substituents is 2. The lowest BCUT2D eigenvalue weighted by molar-refractivity contribution is -0.385. The molecule has 0 bridgehead atoms. The van der Waals surface area contributed by atoms with Gasteiger partial charge >= 0.3 is 12.1 Å². The minimum absolute atomic E-state index is 0.00864. The van der Waals surface area contributed by atoms with Crippen LogP contribution in [0.4, 0.5) is 16.2 Å². The first kappa shape index (κ1) is 33.9. The second-order valence-electron chi connectivity index (χ2n) is 12.1. The molecule has 0 aliphatic carbocycles. The van der Waals surface area contributed by atoms with Crippen molar-refractivity contribution in [3.05, 3.63) is 109 Å². The normalized spacial score (nSPS) is 20.3. The molecule has 4 aromatic rings. The Kier molecular flexibility index (Phi) is 8.66. The van der Waals surface area contributed by atoms with Crippen LogP contribution in [0, 0.1) is 31.6 Å². The van der Waals surface area contributed by atoms with Crippen LogP contribution in [0.5, 0.6) is 0 Å². The number of amides is 2. The Morgan fingerprint density at radius 3 is 2.22 bits per heavy atom. The molecule has 17 nitrogen and oxygen atoms in total. The average Bonchev–Trinajstić information content (AvgIpc) is 3.71. The molecular formula is C32H28N6O11S. The third-order valence-electron chi connectivity index (χ3n) is 8.92. The lowest BCUT2D eigenvalue weighted by atomic mass is 9.64. The molecule has 50 heavy (non-hydrogen) atoms. The third kappa shape index (κ3) is 5.83. The van der Waals surface area contributed by atoms with Crippen molar-refractivity contribution in [2.24, 2.45) is 11.3 Å². The molecule has 2 aromatic heterocycles. The number of carbonyl (C=O) groups excluding carboxylic acids is 3. The number of benzene rings is 2.